The lowest BCUT2D eigenvalue weighted by Crippen LogP contribution is -2.28. The fourth-order valence-corrected chi connectivity index (χ4v) is 5.13. The first-order valence-corrected chi connectivity index (χ1v) is 12.0. The van der Waals surface area contributed by atoms with Gasteiger partial charge in [0.15, 0.2) is 5.17 Å². The molecule has 3 aromatic carbocycles. The highest BCUT2D eigenvalue weighted by Gasteiger charge is 2.32. The Balaban J connectivity index is 1.49. The number of rotatable bonds is 6. The van der Waals surface area contributed by atoms with Gasteiger partial charge in [-0.25, -0.2) is 4.99 Å². The largest absolute Gasteiger partial charge is 0.497 e. The molecule has 1 saturated heterocycles. The van der Waals surface area contributed by atoms with Gasteiger partial charge in [-0.3, -0.25) is 9.69 Å². The molecule has 5 nitrogen and oxygen atoms in total. The Hall–Kier alpha value is -3.77. The standard InChI is InChI=1S/C28H25N3O2S/c1-3-31-27(32)26(34-28(31)29-22-13-15-23(33-2)16-14-22)17-21-19-30(18-20-9-5-4-6-10-20)25-12-8-7-11-24(21)25/h4-17,19H,3,18H2,1-2H3/b26-17+,29-28?. The van der Waals surface area contributed by atoms with E-state index in [2.05, 4.69) is 53.2 Å². The van der Waals surface area contributed by atoms with E-state index in [0.717, 1.165) is 34.4 Å². The normalized spacial score (nSPS) is 16.2. The summed E-state index contributed by atoms with van der Waals surface area (Å²) in [5, 5.41) is 1.82. The van der Waals surface area contributed by atoms with E-state index in [9.17, 15) is 4.79 Å². The van der Waals surface area contributed by atoms with E-state index in [1.807, 2.05) is 49.4 Å². The summed E-state index contributed by atoms with van der Waals surface area (Å²) in [4.78, 5) is 20.3. The van der Waals surface area contributed by atoms with Crippen LogP contribution in [-0.4, -0.2) is 34.2 Å². The van der Waals surface area contributed by atoms with Gasteiger partial charge in [0.25, 0.3) is 5.91 Å². The second kappa shape index (κ2) is 9.61. The lowest BCUT2D eigenvalue weighted by molar-refractivity contribution is -0.122. The van der Waals surface area contributed by atoms with Crippen LogP contribution < -0.4 is 4.74 Å². The number of amidine groups is 1. The van der Waals surface area contributed by atoms with Gasteiger partial charge in [-0.15, -0.1) is 0 Å². The lowest BCUT2D eigenvalue weighted by atomic mass is 10.1. The summed E-state index contributed by atoms with van der Waals surface area (Å²) < 4.78 is 7.47. The van der Waals surface area contributed by atoms with Crippen molar-refractivity contribution in [3.05, 3.63) is 101 Å². The van der Waals surface area contributed by atoms with Crippen LogP contribution in [-0.2, 0) is 11.3 Å². The van der Waals surface area contributed by atoms with Gasteiger partial charge in [0.1, 0.15) is 5.75 Å². The van der Waals surface area contributed by atoms with Crippen LogP contribution in [0.5, 0.6) is 5.75 Å². The number of carbonyl (C=O) groups excluding carboxylic acids is 1. The van der Waals surface area contributed by atoms with E-state index in [-0.39, 0.29) is 5.91 Å². The van der Waals surface area contributed by atoms with Crippen molar-refractivity contribution in [1.82, 2.24) is 9.47 Å². The highest BCUT2D eigenvalue weighted by molar-refractivity contribution is 8.18. The van der Waals surface area contributed by atoms with Crippen molar-refractivity contribution in [2.24, 2.45) is 4.99 Å². The average molecular weight is 468 g/mol. The molecule has 1 fully saturated rings. The second-order valence-electron chi connectivity index (χ2n) is 7.97. The molecule has 2 heterocycles. The summed E-state index contributed by atoms with van der Waals surface area (Å²) in [6.07, 6.45) is 4.13. The molecule has 4 aromatic rings. The van der Waals surface area contributed by atoms with Crippen LogP contribution in [0.2, 0.25) is 0 Å². The molecule has 6 heteroatoms. The number of fused-ring (bicyclic) bond motifs is 1. The van der Waals surface area contributed by atoms with Gasteiger partial charge < -0.3 is 9.30 Å². The summed E-state index contributed by atoms with van der Waals surface area (Å²) in [5.41, 5.74) is 4.20. The molecular formula is C28H25N3O2S. The molecule has 0 aliphatic carbocycles. The molecular weight excluding hydrogens is 442 g/mol. The molecule has 1 aliphatic rings. The van der Waals surface area contributed by atoms with Crippen LogP contribution >= 0.6 is 11.8 Å². The van der Waals surface area contributed by atoms with E-state index in [1.54, 1.807) is 12.0 Å². The molecule has 1 aliphatic heterocycles. The van der Waals surface area contributed by atoms with Crippen LogP contribution in [0.3, 0.4) is 0 Å². The average Bonchev–Trinajstić information content (AvgIpc) is 3.37. The summed E-state index contributed by atoms with van der Waals surface area (Å²) >= 11 is 1.42. The number of likely N-dealkylation sites (N-methyl/N-ethyl adjacent to an activating group) is 1. The molecule has 34 heavy (non-hydrogen) atoms. The smallest absolute Gasteiger partial charge is 0.266 e. The fraction of sp³-hybridized carbons (Fsp3) is 0.143. The lowest BCUT2D eigenvalue weighted by Gasteiger charge is -2.12. The zero-order valence-corrected chi connectivity index (χ0v) is 20.0. The minimum Gasteiger partial charge on any atom is -0.497 e. The van der Waals surface area contributed by atoms with Gasteiger partial charge in [0.05, 0.1) is 17.7 Å². The third-order valence-corrected chi connectivity index (χ3v) is 6.81. The van der Waals surface area contributed by atoms with Crippen molar-refractivity contribution in [3.8, 4) is 5.75 Å². The third kappa shape index (κ3) is 4.37. The number of para-hydroxylation sites is 1. The molecule has 0 atom stereocenters. The van der Waals surface area contributed by atoms with Gasteiger partial charge in [0, 0.05) is 35.8 Å². The quantitative estimate of drug-likeness (QED) is 0.312. The van der Waals surface area contributed by atoms with Crippen LogP contribution in [0.1, 0.15) is 18.1 Å². The highest BCUT2D eigenvalue weighted by Crippen LogP contribution is 2.36. The predicted octanol–water partition coefficient (Wildman–Crippen LogP) is 6.32. The van der Waals surface area contributed by atoms with Crippen molar-refractivity contribution >= 4 is 45.5 Å². The molecule has 5 rings (SSSR count). The van der Waals surface area contributed by atoms with Crippen molar-refractivity contribution in [2.75, 3.05) is 13.7 Å². The summed E-state index contributed by atoms with van der Waals surface area (Å²) in [7, 11) is 1.64. The van der Waals surface area contributed by atoms with Crippen molar-refractivity contribution < 1.29 is 9.53 Å². The van der Waals surface area contributed by atoms with Gasteiger partial charge in [-0.2, -0.15) is 0 Å². The molecule has 0 saturated carbocycles. The SMILES string of the molecule is CCN1C(=O)/C(=C\c2cn(Cc3ccccc3)c3ccccc23)SC1=Nc1ccc(OC)cc1. The van der Waals surface area contributed by atoms with Crippen LogP contribution in [0, 0.1) is 0 Å². The number of aromatic nitrogens is 1. The Labute approximate surface area is 203 Å². The minimum atomic E-state index is -0.0142. The van der Waals surface area contributed by atoms with Crippen LogP contribution in [0.4, 0.5) is 5.69 Å². The van der Waals surface area contributed by atoms with E-state index in [0.29, 0.717) is 16.6 Å². The van der Waals surface area contributed by atoms with E-state index in [4.69, 9.17) is 9.73 Å². The number of aliphatic imine (C=N–C) groups is 1. The van der Waals surface area contributed by atoms with Crippen molar-refractivity contribution in [2.45, 2.75) is 13.5 Å². The number of methoxy groups -OCH3 is 1. The zero-order valence-electron chi connectivity index (χ0n) is 19.1. The number of hydrogen-bond donors (Lipinski definition) is 0. The van der Waals surface area contributed by atoms with E-state index < -0.39 is 0 Å². The van der Waals surface area contributed by atoms with E-state index in [1.165, 1.54) is 17.3 Å². The summed E-state index contributed by atoms with van der Waals surface area (Å²) in [6, 6.07) is 26.2. The molecule has 0 N–H and O–H groups in total. The van der Waals surface area contributed by atoms with E-state index >= 15 is 0 Å². The third-order valence-electron chi connectivity index (χ3n) is 5.80. The maximum atomic E-state index is 13.2. The van der Waals surface area contributed by atoms with Gasteiger partial charge in [0.2, 0.25) is 0 Å². The Bertz CT molecular complexity index is 1390. The number of hydrogen-bond acceptors (Lipinski definition) is 4. The first-order chi connectivity index (χ1) is 16.7. The molecule has 170 valence electrons. The van der Waals surface area contributed by atoms with Gasteiger partial charge >= 0.3 is 0 Å². The monoisotopic (exact) mass is 467 g/mol. The molecule has 1 aromatic heterocycles. The Morgan fingerprint density at radius 3 is 2.44 bits per heavy atom. The summed E-state index contributed by atoms with van der Waals surface area (Å²) in [5.74, 6) is 0.763. The Morgan fingerprint density at radius 2 is 1.71 bits per heavy atom. The maximum absolute atomic E-state index is 13.2. The van der Waals surface area contributed by atoms with Crippen LogP contribution in [0.25, 0.3) is 17.0 Å². The summed E-state index contributed by atoms with van der Waals surface area (Å²) in [6.45, 7) is 3.31. The second-order valence-corrected chi connectivity index (χ2v) is 8.98. The number of nitrogens with zero attached hydrogens (tertiary/aromatic N) is 3. The molecule has 0 bridgehead atoms. The fourth-order valence-electron chi connectivity index (χ4n) is 4.08. The highest BCUT2D eigenvalue weighted by atomic mass is 32.2. The topological polar surface area (TPSA) is 46.8 Å². The van der Waals surface area contributed by atoms with Crippen molar-refractivity contribution in [3.63, 3.8) is 0 Å². The number of thioether (sulfide) groups is 1. The predicted molar refractivity (Wildman–Crippen MR) is 141 cm³/mol. The number of carbonyl (C=O) groups is 1. The first-order valence-electron chi connectivity index (χ1n) is 11.2. The maximum Gasteiger partial charge on any atom is 0.266 e. The molecule has 1 amide bonds. The number of benzene rings is 3. The molecule has 0 spiro atoms. The van der Waals surface area contributed by atoms with Gasteiger partial charge in [-0.05, 0) is 60.7 Å². The number of ether oxygens (including phenoxy) is 1. The minimum absolute atomic E-state index is 0.0142. The van der Waals surface area contributed by atoms with Crippen LogP contribution in [0.15, 0.2) is 95.0 Å². The number of amides is 1. The van der Waals surface area contributed by atoms with Gasteiger partial charge in [-0.1, -0.05) is 48.5 Å². The molecule has 0 unspecified atom stereocenters. The van der Waals surface area contributed by atoms with Crippen molar-refractivity contribution in [1.29, 1.82) is 0 Å². The Morgan fingerprint density at radius 1 is 0.971 bits per heavy atom. The Kier molecular flexibility index (Phi) is 6.23. The zero-order chi connectivity index (χ0) is 23.5. The molecule has 0 radical (unpaired) electrons. The first kappa shape index (κ1) is 22.0.